The Morgan fingerprint density at radius 2 is 2.00 bits per heavy atom. The van der Waals surface area contributed by atoms with E-state index in [0.29, 0.717) is 19.3 Å². The van der Waals surface area contributed by atoms with Crippen molar-refractivity contribution in [3.05, 3.63) is 39.9 Å². The van der Waals surface area contributed by atoms with Gasteiger partial charge >= 0.3 is 0 Å². The molecule has 0 saturated heterocycles. The summed E-state index contributed by atoms with van der Waals surface area (Å²) in [5.74, 6) is -0.0418. The Balaban J connectivity index is 2.29. The zero-order valence-electron chi connectivity index (χ0n) is 13.0. The maximum Gasteiger partial charge on any atom is 0.269 e. The van der Waals surface area contributed by atoms with E-state index in [4.69, 9.17) is 0 Å². The Hall–Kier alpha value is -1.54. The van der Waals surface area contributed by atoms with Gasteiger partial charge in [-0.05, 0) is 43.4 Å². The number of alkyl halides is 1. The van der Waals surface area contributed by atoms with Crippen LogP contribution in [0, 0.1) is 10.1 Å². The molecule has 1 fully saturated rings. The highest BCUT2D eigenvalue weighted by molar-refractivity contribution is 7.89. The van der Waals surface area contributed by atoms with Crippen molar-refractivity contribution in [3.8, 4) is 0 Å². The first-order chi connectivity index (χ1) is 10.8. The van der Waals surface area contributed by atoms with E-state index in [1.54, 1.807) is 6.92 Å². The van der Waals surface area contributed by atoms with E-state index >= 15 is 4.39 Å². The third-order valence-electron chi connectivity index (χ3n) is 4.19. The van der Waals surface area contributed by atoms with Crippen molar-refractivity contribution in [1.29, 1.82) is 0 Å². The largest absolute Gasteiger partial charge is 0.269 e. The predicted octanol–water partition coefficient (Wildman–Crippen LogP) is 3.03. The quantitative estimate of drug-likeness (QED) is 0.634. The van der Waals surface area contributed by atoms with Crippen LogP contribution in [0.1, 0.15) is 44.6 Å². The van der Waals surface area contributed by atoms with E-state index in [9.17, 15) is 18.5 Å². The average molecular weight is 344 g/mol. The van der Waals surface area contributed by atoms with Gasteiger partial charge in [0.15, 0.2) is 5.67 Å². The Labute approximate surface area is 135 Å². The summed E-state index contributed by atoms with van der Waals surface area (Å²) >= 11 is 0. The van der Waals surface area contributed by atoms with Crippen molar-refractivity contribution in [2.24, 2.45) is 0 Å². The molecule has 0 amide bonds. The molecule has 0 heterocycles. The molecule has 1 saturated carbocycles. The van der Waals surface area contributed by atoms with E-state index < -0.39 is 26.7 Å². The summed E-state index contributed by atoms with van der Waals surface area (Å²) in [7, 11) is -3.53. The van der Waals surface area contributed by atoms with Gasteiger partial charge in [-0.1, -0.05) is 13.3 Å². The van der Waals surface area contributed by atoms with Crippen LogP contribution >= 0.6 is 0 Å². The van der Waals surface area contributed by atoms with E-state index in [0.717, 1.165) is 6.42 Å². The Kier molecular flexibility index (Phi) is 5.36. The van der Waals surface area contributed by atoms with Gasteiger partial charge in [0, 0.05) is 12.1 Å². The van der Waals surface area contributed by atoms with Crippen LogP contribution in [-0.4, -0.2) is 25.1 Å². The number of sulfonamides is 1. The number of nitro groups is 1. The number of nitrogens with one attached hydrogen (secondary N) is 1. The molecule has 8 heteroatoms. The number of benzene rings is 1. The second-order valence-electron chi connectivity index (χ2n) is 5.90. The van der Waals surface area contributed by atoms with Crippen molar-refractivity contribution in [2.45, 2.75) is 50.7 Å². The molecule has 23 heavy (non-hydrogen) atoms. The molecule has 0 bridgehead atoms. The first-order valence-electron chi connectivity index (χ1n) is 7.72. The van der Waals surface area contributed by atoms with Gasteiger partial charge in [0.2, 0.25) is 10.0 Å². The molecule has 0 radical (unpaired) electrons. The fraction of sp³-hybridized carbons (Fsp3) is 0.600. The maximum atomic E-state index is 15.6. The number of rotatable bonds is 6. The Morgan fingerprint density at radius 3 is 2.57 bits per heavy atom. The van der Waals surface area contributed by atoms with Gasteiger partial charge in [0.1, 0.15) is 0 Å². The molecule has 2 atom stereocenters. The van der Waals surface area contributed by atoms with Gasteiger partial charge in [-0.3, -0.25) is 10.1 Å². The molecule has 0 aliphatic heterocycles. The van der Waals surface area contributed by atoms with Gasteiger partial charge in [-0.15, -0.1) is 0 Å². The molecule has 2 rings (SSSR count). The second-order valence-corrected chi connectivity index (χ2v) is 7.77. The van der Waals surface area contributed by atoms with E-state index in [-0.39, 0.29) is 23.4 Å². The molecule has 1 aliphatic carbocycles. The fourth-order valence-electron chi connectivity index (χ4n) is 3.04. The molecule has 0 aromatic heterocycles. The van der Waals surface area contributed by atoms with Crippen molar-refractivity contribution in [1.82, 2.24) is 4.72 Å². The van der Waals surface area contributed by atoms with Gasteiger partial charge in [0.25, 0.3) is 5.69 Å². The van der Waals surface area contributed by atoms with Gasteiger partial charge in [-0.25, -0.2) is 17.5 Å². The van der Waals surface area contributed by atoms with Crippen LogP contribution in [0.3, 0.4) is 0 Å². The molecule has 0 spiro atoms. The summed E-state index contributed by atoms with van der Waals surface area (Å²) in [6.07, 6.45) is 2.47. The highest BCUT2D eigenvalue weighted by Gasteiger charge is 2.44. The topological polar surface area (TPSA) is 89.3 Å². The summed E-state index contributed by atoms with van der Waals surface area (Å²) in [5, 5.41) is 10.7. The molecule has 1 aromatic rings. The zero-order valence-corrected chi connectivity index (χ0v) is 13.8. The van der Waals surface area contributed by atoms with Crippen LogP contribution < -0.4 is 4.72 Å². The molecule has 2 unspecified atom stereocenters. The molecule has 6 nitrogen and oxygen atoms in total. The number of non-ortho nitro benzene ring substituents is 1. The summed E-state index contributed by atoms with van der Waals surface area (Å²) in [6.45, 7) is 1.75. The van der Waals surface area contributed by atoms with Crippen LogP contribution in [0.2, 0.25) is 0 Å². The highest BCUT2D eigenvalue weighted by Crippen LogP contribution is 2.41. The lowest BCUT2D eigenvalue weighted by molar-refractivity contribution is -0.384. The van der Waals surface area contributed by atoms with E-state index in [1.807, 2.05) is 0 Å². The van der Waals surface area contributed by atoms with Gasteiger partial charge < -0.3 is 0 Å². The summed E-state index contributed by atoms with van der Waals surface area (Å²) < 4.78 is 42.1. The van der Waals surface area contributed by atoms with Crippen LogP contribution in [0.4, 0.5) is 10.1 Å². The monoisotopic (exact) mass is 344 g/mol. The number of nitrogens with zero attached hydrogens (tertiary/aromatic N) is 1. The number of hydrogen-bond donors (Lipinski definition) is 1. The molecule has 1 aliphatic rings. The molecular weight excluding hydrogens is 323 g/mol. The normalized spacial score (nSPS) is 25.2. The van der Waals surface area contributed by atoms with Crippen LogP contribution in [0.25, 0.3) is 0 Å². The Bertz CT molecular complexity index is 663. The first-order valence-corrected chi connectivity index (χ1v) is 9.37. The molecular formula is C15H21FN2O4S. The molecule has 1 N–H and O–H groups in total. The number of hydrogen-bond acceptors (Lipinski definition) is 4. The fourth-order valence-corrected chi connectivity index (χ4v) is 4.43. The van der Waals surface area contributed by atoms with Crippen LogP contribution in [-0.2, 0) is 15.7 Å². The minimum Gasteiger partial charge on any atom is -0.258 e. The predicted molar refractivity (Wildman–Crippen MR) is 85.4 cm³/mol. The van der Waals surface area contributed by atoms with E-state index in [1.165, 1.54) is 24.3 Å². The van der Waals surface area contributed by atoms with Crippen molar-refractivity contribution < 1.29 is 17.7 Å². The van der Waals surface area contributed by atoms with Crippen molar-refractivity contribution >= 4 is 15.7 Å². The van der Waals surface area contributed by atoms with Crippen molar-refractivity contribution in [3.63, 3.8) is 0 Å². The minimum absolute atomic E-state index is 0.0418. The maximum absolute atomic E-state index is 15.6. The SMILES string of the molecule is CCCS(=O)(=O)NC1CCCCC1(F)c1ccc([N+](=O)[O-])cc1. The van der Waals surface area contributed by atoms with Crippen LogP contribution in [0.5, 0.6) is 0 Å². The summed E-state index contributed by atoms with van der Waals surface area (Å²) in [5.41, 5.74) is -1.67. The second kappa shape index (κ2) is 6.92. The summed E-state index contributed by atoms with van der Waals surface area (Å²) in [6, 6.07) is 4.43. The standard InChI is InChI=1S/C15H21FN2O4S/c1-2-11-23(21,22)17-14-5-3-4-10-15(14,16)12-6-8-13(9-7-12)18(19)20/h6-9,14,17H,2-5,10-11H2,1H3. The lowest BCUT2D eigenvalue weighted by atomic mass is 9.77. The smallest absolute Gasteiger partial charge is 0.258 e. The highest BCUT2D eigenvalue weighted by atomic mass is 32.2. The molecule has 128 valence electrons. The van der Waals surface area contributed by atoms with Crippen LogP contribution in [0.15, 0.2) is 24.3 Å². The van der Waals surface area contributed by atoms with E-state index in [2.05, 4.69) is 4.72 Å². The van der Waals surface area contributed by atoms with Gasteiger partial charge in [0.05, 0.1) is 16.7 Å². The third-order valence-corrected chi connectivity index (χ3v) is 5.78. The third kappa shape index (κ3) is 4.06. The average Bonchev–Trinajstić information content (AvgIpc) is 2.49. The lowest BCUT2D eigenvalue weighted by Gasteiger charge is -2.38. The summed E-state index contributed by atoms with van der Waals surface area (Å²) in [4.78, 5) is 10.2. The first kappa shape index (κ1) is 17.8. The van der Waals surface area contributed by atoms with Crippen molar-refractivity contribution in [2.75, 3.05) is 5.75 Å². The number of halogens is 1. The minimum atomic E-state index is -3.53. The zero-order chi connectivity index (χ0) is 17.1. The lowest BCUT2D eigenvalue weighted by Crippen LogP contribution is -2.50. The Morgan fingerprint density at radius 1 is 1.35 bits per heavy atom. The molecule has 1 aromatic carbocycles. The van der Waals surface area contributed by atoms with Gasteiger partial charge in [-0.2, -0.15) is 0 Å². The number of nitro benzene ring substituents is 1.